The molecule has 0 radical (unpaired) electrons. The van der Waals surface area contributed by atoms with Gasteiger partial charge in [0.05, 0.1) is 0 Å². The van der Waals surface area contributed by atoms with Gasteiger partial charge in [-0.15, -0.1) is 0 Å². The molecule has 164 valence electrons. The number of carboxylic acids is 1. The van der Waals surface area contributed by atoms with Gasteiger partial charge in [-0.2, -0.15) is 0 Å². The molecule has 32 heavy (non-hydrogen) atoms. The summed E-state index contributed by atoms with van der Waals surface area (Å²) in [6.45, 7) is 0.150. The first-order valence-corrected chi connectivity index (χ1v) is 11.0. The van der Waals surface area contributed by atoms with E-state index >= 15 is 0 Å². The fourth-order valence-corrected chi connectivity index (χ4v) is 4.33. The molecular formula is C26H24ClNO4. The number of benzene rings is 3. The summed E-state index contributed by atoms with van der Waals surface area (Å²) in [6, 6.07) is 22.6. The third-order valence-electron chi connectivity index (χ3n) is 5.81. The lowest BCUT2D eigenvalue weighted by Gasteiger charge is -2.17. The zero-order valence-corrected chi connectivity index (χ0v) is 18.2. The first-order valence-electron chi connectivity index (χ1n) is 10.6. The molecule has 0 saturated heterocycles. The van der Waals surface area contributed by atoms with Gasteiger partial charge < -0.3 is 15.2 Å². The highest BCUT2D eigenvalue weighted by atomic mass is 35.5. The number of hydrogen-bond acceptors (Lipinski definition) is 3. The molecule has 3 aromatic carbocycles. The van der Waals surface area contributed by atoms with E-state index in [9.17, 15) is 14.7 Å². The first kappa shape index (κ1) is 21.9. The van der Waals surface area contributed by atoms with Gasteiger partial charge in [0, 0.05) is 10.9 Å². The molecule has 1 aliphatic rings. The average Bonchev–Trinajstić information content (AvgIpc) is 3.12. The number of carbonyl (C=O) groups is 2. The molecule has 0 fully saturated rings. The van der Waals surface area contributed by atoms with Crippen LogP contribution < -0.4 is 5.32 Å². The van der Waals surface area contributed by atoms with Crippen LogP contribution in [0.2, 0.25) is 5.02 Å². The monoisotopic (exact) mass is 449 g/mol. The van der Waals surface area contributed by atoms with E-state index in [1.165, 1.54) is 0 Å². The maximum Gasteiger partial charge on any atom is 0.407 e. The van der Waals surface area contributed by atoms with E-state index in [1.807, 2.05) is 48.5 Å². The van der Waals surface area contributed by atoms with E-state index in [1.54, 1.807) is 12.1 Å². The summed E-state index contributed by atoms with van der Waals surface area (Å²) in [7, 11) is 0. The van der Waals surface area contributed by atoms with Crippen LogP contribution in [0.25, 0.3) is 11.1 Å². The third-order valence-corrected chi connectivity index (χ3v) is 6.06. The highest BCUT2D eigenvalue weighted by Crippen LogP contribution is 2.44. The number of aliphatic carboxylic acids is 1. The molecule has 1 aliphatic carbocycles. The van der Waals surface area contributed by atoms with Gasteiger partial charge >= 0.3 is 12.1 Å². The Labute approximate surface area is 192 Å². The maximum absolute atomic E-state index is 12.4. The zero-order chi connectivity index (χ0) is 22.5. The number of hydrogen-bond donors (Lipinski definition) is 2. The molecule has 3 aromatic rings. The number of aryl methyl sites for hydroxylation is 1. The molecule has 1 atom stereocenters. The highest BCUT2D eigenvalue weighted by molar-refractivity contribution is 6.30. The maximum atomic E-state index is 12.4. The molecule has 0 spiro atoms. The van der Waals surface area contributed by atoms with Gasteiger partial charge in [0.2, 0.25) is 0 Å². The zero-order valence-electron chi connectivity index (χ0n) is 17.5. The molecule has 0 aliphatic heterocycles. The van der Waals surface area contributed by atoms with Crippen molar-refractivity contribution in [2.24, 2.45) is 0 Å². The van der Waals surface area contributed by atoms with Crippen molar-refractivity contribution in [3.8, 4) is 11.1 Å². The third kappa shape index (κ3) is 4.94. The van der Waals surface area contributed by atoms with Gasteiger partial charge in [-0.05, 0) is 59.2 Å². The van der Waals surface area contributed by atoms with Crippen LogP contribution in [0.5, 0.6) is 0 Å². The second-order valence-corrected chi connectivity index (χ2v) is 8.32. The van der Waals surface area contributed by atoms with Gasteiger partial charge in [0.1, 0.15) is 12.6 Å². The van der Waals surface area contributed by atoms with E-state index in [2.05, 4.69) is 17.4 Å². The summed E-state index contributed by atoms with van der Waals surface area (Å²) in [5.74, 6) is -1.14. The Kier molecular flexibility index (Phi) is 6.76. The molecule has 0 aromatic heterocycles. The molecule has 0 heterocycles. The Morgan fingerprint density at radius 2 is 1.53 bits per heavy atom. The minimum Gasteiger partial charge on any atom is -0.480 e. The lowest BCUT2D eigenvalue weighted by Crippen LogP contribution is -2.41. The van der Waals surface area contributed by atoms with Crippen molar-refractivity contribution in [1.29, 1.82) is 0 Å². The Morgan fingerprint density at radius 1 is 0.938 bits per heavy atom. The molecule has 0 bridgehead atoms. The standard InChI is InChI=1S/C26H24ClNO4/c27-18-14-12-17(13-15-18)6-5-11-24(25(29)30)28-26(31)32-16-23-21-9-3-1-7-19(21)20-8-2-4-10-22(20)23/h1-4,7-10,12-15,23-24H,5-6,11,16H2,(H,28,31)(H,29,30)/t24-/m0/s1. The molecule has 5 nitrogen and oxygen atoms in total. The number of carbonyl (C=O) groups excluding carboxylic acids is 1. The van der Waals surface area contributed by atoms with Crippen LogP contribution in [0.15, 0.2) is 72.8 Å². The van der Waals surface area contributed by atoms with E-state index in [0.29, 0.717) is 24.3 Å². The second-order valence-electron chi connectivity index (χ2n) is 7.88. The van der Waals surface area contributed by atoms with Crippen molar-refractivity contribution in [3.63, 3.8) is 0 Å². The fraction of sp³-hybridized carbons (Fsp3) is 0.231. The number of rotatable bonds is 8. The smallest absolute Gasteiger partial charge is 0.407 e. The number of halogens is 1. The number of alkyl carbamates (subject to hydrolysis) is 1. The average molecular weight is 450 g/mol. The predicted molar refractivity (Wildman–Crippen MR) is 124 cm³/mol. The largest absolute Gasteiger partial charge is 0.480 e. The molecule has 6 heteroatoms. The highest BCUT2D eigenvalue weighted by Gasteiger charge is 2.29. The van der Waals surface area contributed by atoms with Gasteiger partial charge in [0.25, 0.3) is 0 Å². The summed E-state index contributed by atoms with van der Waals surface area (Å²) in [5, 5.41) is 12.7. The summed E-state index contributed by atoms with van der Waals surface area (Å²) in [5.41, 5.74) is 5.57. The van der Waals surface area contributed by atoms with Crippen molar-refractivity contribution in [1.82, 2.24) is 5.32 Å². The van der Waals surface area contributed by atoms with Crippen molar-refractivity contribution in [2.75, 3.05) is 6.61 Å². The molecule has 0 saturated carbocycles. The molecule has 2 N–H and O–H groups in total. The topological polar surface area (TPSA) is 75.6 Å². The van der Waals surface area contributed by atoms with E-state index in [4.69, 9.17) is 16.3 Å². The van der Waals surface area contributed by atoms with E-state index in [0.717, 1.165) is 27.8 Å². The Hall–Kier alpha value is -3.31. The fourth-order valence-electron chi connectivity index (χ4n) is 4.20. The molecule has 1 amide bonds. The number of carboxylic acid groups (broad SMARTS) is 1. The Bertz CT molecular complexity index is 1070. The Morgan fingerprint density at radius 3 is 2.12 bits per heavy atom. The summed E-state index contributed by atoms with van der Waals surface area (Å²) < 4.78 is 5.47. The summed E-state index contributed by atoms with van der Waals surface area (Å²) >= 11 is 5.89. The second kappa shape index (κ2) is 9.88. The molecular weight excluding hydrogens is 426 g/mol. The number of nitrogens with one attached hydrogen (secondary N) is 1. The van der Waals surface area contributed by atoms with Crippen molar-refractivity contribution in [3.05, 3.63) is 94.5 Å². The van der Waals surface area contributed by atoms with Crippen molar-refractivity contribution >= 4 is 23.7 Å². The minimum absolute atomic E-state index is 0.0682. The van der Waals surface area contributed by atoms with Crippen molar-refractivity contribution < 1.29 is 19.4 Å². The lowest BCUT2D eigenvalue weighted by atomic mass is 9.98. The van der Waals surface area contributed by atoms with Crippen LogP contribution >= 0.6 is 11.6 Å². The number of amides is 1. The van der Waals surface area contributed by atoms with Crippen LogP contribution in [0.1, 0.15) is 35.4 Å². The molecule has 0 unspecified atom stereocenters. The van der Waals surface area contributed by atoms with Crippen LogP contribution in [0.3, 0.4) is 0 Å². The normalized spacial score (nSPS) is 13.2. The summed E-state index contributed by atoms with van der Waals surface area (Å²) in [4.78, 5) is 24.0. The number of fused-ring (bicyclic) bond motifs is 3. The quantitative estimate of drug-likeness (QED) is 0.465. The first-order chi connectivity index (χ1) is 15.5. The predicted octanol–water partition coefficient (Wildman–Crippen LogP) is 5.65. The minimum atomic E-state index is -1.07. The van der Waals surface area contributed by atoms with Gasteiger partial charge in [-0.3, -0.25) is 0 Å². The number of ether oxygens (including phenoxy) is 1. The lowest BCUT2D eigenvalue weighted by molar-refractivity contribution is -0.139. The van der Waals surface area contributed by atoms with E-state index < -0.39 is 18.1 Å². The summed E-state index contributed by atoms with van der Waals surface area (Å²) in [6.07, 6.45) is 0.906. The van der Waals surface area contributed by atoms with Crippen LogP contribution in [-0.4, -0.2) is 29.8 Å². The van der Waals surface area contributed by atoms with Crippen LogP contribution in [0.4, 0.5) is 4.79 Å². The van der Waals surface area contributed by atoms with E-state index in [-0.39, 0.29) is 12.5 Å². The SMILES string of the molecule is O=C(N[C@@H](CCCc1ccc(Cl)cc1)C(=O)O)OCC1c2ccccc2-c2ccccc21. The van der Waals surface area contributed by atoms with Gasteiger partial charge in [-0.1, -0.05) is 72.3 Å². The van der Waals surface area contributed by atoms with Gasteiger partial charge in [-0.25, -0.2) is 9.59 Å². The van der Waals surface area contributed by atoms with Gasteiger partial charge in [0.15, 0.2) is 0 Å². The molecule has 4 rings (SSSR count). The van der Waals surface area contributed by atoms with Crippen LogP contribution in [-0.2, 0) is 16.0 Å². The Balaban J connectivity index is 1.33. The van der Waals surface area contributed by atoms with Crippen molar-refractivity contribution in [2.45, 2.75) is 31.2 Å². The van der Waals surface area contributed by atoms with Crippen LogP contribution in [0, 0.1) is 0 Å².